The Morgan fingerprint density at radius 1 is 1.35 bits per heavy atom. The van der Waals surface area contributed by atoms with Crippen molar-refractivity contribution in [2.24, 2.45) is 0 Å². The summed E-state index contributed by atoms with van der Waals surface area (Å²) in [7, 11) is 0. The zero-order chi connectivity index (χ0) is 11.8. The Balaban J connectivity index is 2.01. The van der Waals surface area contributed by atoms with E-state index in [1.54, 1.807) is 6.20 Å². The topological polar surface area (TPSA) is 68.0 Å². The van der Waals surface area contributed by atoms with Crippen molar-refractivity contribution in [2.75, 3.05) is 11.1 Å². The maximum atomic E-state index is 11.2. The largest absolute Gasteiger partial charge is 0.375 e. The summed E-state index contributed by atoms with van der Waals surface area (Å²) in [6.45, 7) is 0. The van der Waals surface area contributed by atoms with Crippen LogP contribution in [0.2, 0.25) is 0 Å². The predicted octanol–water partition coefficient (Wildman–Crippen LogP) is 2.28. The van der Waals surface area contributed by atoms with E-state index in [-0.39, 0.29) is 5.91 Å². The van der Waals surface area contributed by atoms with Crippen molar-refractivity contribution < 1.29 is 4.79 Å². The van der Waals surface area contributed by atoms with E-state index in [2.05, 4.69) is 16.4 Å². The number of hydrogen-bond donors (Lipinski definition) is 2. The summed E-state index contributed by atoms with van der Waals surface area (Å²) < 4.78 is 0. The number of anilines is 2. The van der Waals surface area contributed by atoms with E-state index in [9.17, 15) is 4.79 Å². The summed E-state index contributed by atoms with van der Waals surface area (Å²) in [5.41, 5.74) is 8.82. The Bertz CT molecular complexity index is 591. The fourth-order valence-electron chi connectivity index (χ4n) is 1.96. The second-order valence-electron chi connectivity index (χ2n) is 3.98. The molecule has 0 aliphatic carbocycles. The standard InChI is InChI=1S/C12H11N3OS/c13-12-14-6-10(17-12)8-1-3-9-7(5-8)2-4-11(16)15-9/h1,3,5-6H,2,4H2,(H2,13,14)(H,15,16). The van der Waals surface area contributed by atoms with Gasteiger partial charge in [0.15, 0.2) is 5.13 Å². The number of aromatic nitrogens is 1. The van der Waals surface area contributed by atoms with Gasteiger partial charge in [0, 0.05) is 18.3 Å². The number of thiazole rings is 1. The first kappa shape index (κ1) is 10.3. The van der Waals surface area contributed by atoms with Crippen LogP contribution in [0.3, 0.4) is 0 Å². The minimum Gasteiger partial charge on any atom is -0.375 e. The number of nitrogens with two attached hydrogens (primary N) is 1. The highest BCUT2D eigenvalue weighted by Crippen LogP contribution is 2.32. The van der Waals surface area contributed by atoms with Crippen LogP contribution >= 0.6 is 11.3 Å². The van der Waals surface area contributed by atoms with E-state index in [1.807, 2.05) is 12.1 Å². The molecule has 1 aromatic carbocycles. The molecule has 0 bridgehead atoms. The molecule has 1 aliphatic rings. The average molecular weight is 245 g/mol. The van der Waals surface area contributed by atoms with Crippen LogP contribution in [0.5, 0.6) is 0 Å². The molecule has 1 aliphatic heterocycles. The zero-order valence-electron chi connectivity index (χ0n) is 9.06. The molecule has 5 heteroatoms. The van der Waals surface area contributed by atoms with Crippen molar-refractivity contribution in [3.63, 3.8) is 0 Å². The lowest BCUT2D eigenvalue weighted by Crippen LogP contribution is -2.18. The van der Waals surface area contributed by atoms with Gasteiger partial charge in [-0.2, -0.15) is 0 Å². The number of carbonyl (C=O) groups excluding carboxylic acids is 1. The van der Waals surface area contributed by atoms with Gasteiger partial charge in [0.05, 0.1) is 4.88 Å². The number of nitrogens with zero attached hydrogens (tertiary/aromatic N) is 1. The molecule has 0 radical (unpaired) electrons. The minimum absolute atomic E-state index is 0.0901. The highest BCUT2D eigenvalue weighted by atomic mass is 32.1. The van der Waals surface area contributed by atoms with Gasteiger partial charge in [0.1, 0.15) is 0 Å². The first-order valence-electron chi connectivity index (χ1n) is 5.37. The lowest BCUT2D eigenvalue weighted by Gasteiger charge is -2.17. The number of nitrogens with one attached hydrogen (secondary N) is 1. The summed E-state index contributed by atoms with van der Waals surface area (Å²) in [5.74, 6) is 0.0901. The molecule has 0 unspecified atom stereocenters. The van der Waals surface area contributed by atoms with Gasteiger partial charge in [-0.1, -0.05) is 17.4 Å². The van der Waals surface area contributed by atoms with Crippen LogP contribution in [0.4, 0.5) is 10.8 Å². The molecule has 86 valence electrons. The van der Waals surface area contributed by atoms with Gasteiger partial charge in [-0.3, -0.25) is 4.79 Å². The van der Waals surface area contributed by atoms with E-state index in [1.165, 1.54) is 16.9 Å². The van der Waals surface area contributed by atoms with Gasteiger partial charge in [-0.15, -0.1) is 0 Å². The van der Waals surface area contributed by atoms with Gasteiger partial charge in [0.2, 0.25) is 5.91 Å². The molecular weight excluding hydrogens is 234 g/mol. The number of benzene rings is 1. The maximum absolute atomic E-state index is 11.2. The van der Waals surface area contributed by atoms with Gasteiger partial charge >= 0.3 is 0 Å². The third-order valence-corrected chi connectivity index (χ3v) is 3.68. The van der Waals surface area contributed by atoms with Crippen molar-refractivity contribution in [2.45, 2.75) is 12.8 Å². The lowest BCUT2D eigenvalue weighted by molar-refractivity contribution is -0.116. The first-order valence-corrected chi connectivity index (χ1v) is 6.18. The summed E-state index contributed by atoms with van der Waals surface area (Å²) in [4.78, 5) is 16.3. The molecule has 3 N–H and O–H groups in total. The fourth-order valence-corrected chi connectivity index (χ4v) is 2.64. The van der Waals surface area contributed by atoms with E-state index >= 15 is 0 Å². The average Bonchev–Trinajstić information content (AvgIpc) is 2.75. The highest BCUT2D eigenvalue weighted by molar-refractivity contribution is 7.18. The van der Waals surface area contributed by atoms with Crippen LogP contribution in [0.15, 0.2) is 24.4 Å². The molecule has 2 aromatic rings. The van der Waals surface area contributed by atoms with Crippen LogP contribution < -0.4 is 11.1 Å². The normalized spacial score (nSPS) is 14.2. The van der Waals surface area contributed by atoms with Crippen molar-refractivity contribution >= 4 is 28.1 Å². The molecule has 1 amide bonds. The monoisotopic (exact) mass is 245 g/mol. The van der Waals surface area contributed by atoms with Gasteiger partial charge < -0.3 is 11.1 Å². The molecule has 1 aromatic heterocycles. The third-order valence-electron chi connectivity index (χ3n) is 2.81. The van der Waals surface area contributed by atoms with Gasteiger partial charge in [-0.25, -0.2) is 4.98 Å². The second kappa shape index (κ2) is 3.85. The number of aryl methyl sites for hydroxylation is 1. The SMILES string of the molecule is Nc1ncc(-c2ccc3c(c2)CCC(=O)N3)s1. The second-order valence-corrected chi connectivity index (χ2v) is 5.05. The highest BCUT2D eigenvalue weighted by Gasteiger charge is 2.15. The van der Waals surface area contributed by atoms with Crippen molar-refractivity contribution in [1.29, 1.82) is 0 Å². The Hall–Kier alpha value is -1.88. The van der Waals surface area contributed by atoms with E-state index in [0.717, 1.165) is 22.5 Å². The Kier molecular flexibility index (Phi) is 2.33. The zero-order valence-corrected chi connectivity index (χ0v) is 9.88. The quantitative estimate of drug-likeness (QED) is 0.809. The maximum Gasteiger partial charge on any atom is 0.224 e. The molecule has 0 spiro atoms. The van der Waals surface area contributed by atoms with E-state index in [0.29, 0.717) is 11.6 Å². The number of hydrogen-bond acceptors (Lipinski definition) is 4. The van der Waals surface area contributed by atoms with Crippen LogP contribution in [0, 0.1) is 0 Å². The smallest absolute Gasteiger partial charge is 0.224 e. The Labute approximate surface area is 102 Å². The number of fused-ring (bicyclic) bond motifs is 1. The van der Waals surface area contributed by atoms with Crippen LogP contribution in [0.25, 0.3) is 10.4 Å². The molecule has 0 fully saturated rings. The summed E-state index contributed by atoms with van der Waals surface area (Å²) in [5, 5.41) is 3.44. The molecule has 3 rings (SSSR count). The molecular formula is C12H11N3OS. The lowest BCUT2D eigenvalue weighted by atomic mass is 10.00. The summed E-state index contributed by atoms with van der Waals surface area (Å²) >= 11 is 1.47. The van der Waals surface area contributed by atoms with Crippen molar-refractivity contribution in [1.82, 2.24) is 4.98 Å². The minimum atomic E-state index is 0.0901. The molecule has 4 nitrogen and oxygen atoms in total. The number of carbonyl (C=O) groups is 1. The molecule has 0 atom stereocenters. The van der Waals surface area contributed by atoms with E-state index < -0.39 is 0 Å². The third kappa shape index (κ3) is 1.89. The van der Waals surface area contributed by atoms with Crippen molar-refractivity contribution in [3.8, 4) is 10.4 Å². The van der Waals surface area contributed by atoms with Crippen molar-refractivity contribution in [3.05, 3.63) is 30.0 Å². The summed E-state index contributed by atoms with van der Waals surface area (Å²) in [6.07, 6.45) is 3.13. The van der Waals surface area contributed by atoms with E-state index in [4.69, 9.17) is 5.73 Å². The fraction of sp³-hybridized carbons (Fsp3) is 0.167. The van der Waals surface area contributed by atoms with Gasteiger partial charge in [0.25, 0.3) is 0 Å². The molecule has 0 saturated carbocycles. The number of rotatable bonds is 1. The van der Waals surface area contributed by atoms with Crippen LogP contribution in [0.1, 0.15) is 12.0 Å². The van der Waals surface area contributed by atoms with Crippen LogP contribution in [-0.2, 0) is 11.2 Å². The molecule has 2 heterocycles. The summed E-state index contributed by atoms with van der Waals surface area (Å²) in [6, 6.07) is 6.02. The Morgan fingerprint density at radius 3 is 3.00 bits per heavy atom. The molecule has 0 saturated heterocycles. The number of amides is 1. The van der Waals surface area contributed by atoms with Gasteiger partial charge in [-0.05, 0) is 29.7 Å². The van der Waals surface area contributed by atoms with Crippen LogP contribution in [-0.4, -0.2) is 10.9 Å². The first-order chi connectivity index (χ1) is 8.22. The number of nitrogen functional groups attached to an aromatic ring is 1. The predicted molar refractivity (Wildman–Crippen MR) is 68.9 cm³/mol. The Morgan fingerprint density at radius 2 is 2.24 bits per heavy atom. The molecule has 17 heavy (non-hydrogen) atoms.